The second-order valence-electron chi connectivity index (χ2n) is 3.82. The number of aromatic nitrogens is 2. The van der Waals surface area contributed by atoms with Gasteiger partial charge in [-0.3, -0.25) is 9.48 Å². The predicted octanol–water partition coefficient (Wildman–Crippen LogP) is 2.26. The van der Waals surface area contributed by atoms with E-state index in [1.165, 1.54) is 12.3 Å². The molecule has 1 aromatic carbocycles. The second kappa shape index (κ2) is 4.56. The molecule has 0 fully saturated rings. The van der Waals surface area contributed by atoms with Crippen molar-refractivity contribution in [2.24, 2.45) is 7.05 Å². The Labute approximate surface area is 102 Å². The van der Waals surface area contributed by atoms with Gasteiger partial charge in [-0.05, 0) is 19.1 Å². The Morgan fingerprint density at radius 1 is 1.33 bits per heavy atom. The maximum absolute atomic E-state index is 13.4. The number of benzene rings is 1. The molecule has 0 spiro atoms. The average Bonchev–Trinajstić information content (AvgIpc) is 2.61. The van der Waals surface area contributed by atoms with E-state index in [0.717, 1.165) is 12.1 Å². The van der Waals surface area contributed by atoms with Crippen LogP contribution in [0.2, 0.25) is 0 Å². The van der Waals surface area contributed by atoms with Crippen LogP contribution >= 0.6 is 0 Å². The number of hydrogen-bond donors (Lipinski definition) is 1. The topological polar surface area (TPSA) is 46.9 Å². The van der Waals surface area contributed by atoms with Gasteiger partial charge in [0.2, 0.25) is 0 Å². The smallest absolute Gasteiger partial charge is 0.261 e. The van der Waals surface area contributed by atoms with E-state index in [1.807, 2.05) is 0 Å². The number of halogens is 2. The van der Waals surface area contributed by atoms with Crippen molar-refractivity contribution in [3.05, 3.63) is 47.3 Å². The quantitative estimate of drug-likeness (QED) is 0.889. The third-order valence-electron chi connectivity index (χ3n) is 2.67. The number of hydrogen-bond acceptors (Lipinski definition) is 2. The zero-order valence-electron chi connectivity index (χ0n) is 9.87. The Morgan fingerprint density at radius 2 is 1.94 bits per heavy atom. The first-order chi connectivity index (χ1) is 8.50. The lowest BCUT2D eigenvalue weighted by atomic mass is 10.2. The Bertz CT molecular complexity index is 587. The van der Waals surface area contributed by atoms with E-state index in [9.17, 15) is 13.6 Å². The monoisotopic (exact) mass is 251 g/mol. The maximum Gasteiger partial charge on any atom is 0.261 e. The summed E-state index contributed by atoms with van der Waals surface area (Å²) in [6.07, 6.45) is 1.42. The lowest BCUT2D eigenvalue weighted by molar-refractivity contribution is 0.101. The first kappa shape index (κ1) is 12.2. The predicted molar refractivity (Wildman–Crippen MR) is 62.3 cm³/mol. The van der Waals surface area contributed by atoms with Crippen molar-refractivity contribution in [1.82, 2.24) is 9.78 Å². The van der Waals surface area contributed by atoms with Gasteiger partial charge in [-0.1, -0.05) is 6.07 Å². The lowest BCUT2D eigenvalue weighted by Gasteiger charge is -2.06. The van der Waals surface area contributed by atoms with Crippen LogP contribution in [-0.4, -0.2) is 15.7 Å². The molecule has 1 aromatic heterocycles. The minimum absolute atomic E-state index is 0.421. The SMILES string of the molecule is Cc1c(NC(=O)c2c(F)cccc2F)cnn1C. The first-order valence-electron chi connectivity index (χ1n) is 5.24. The molecule has 94 valence electrons. The van der Waals surface area contributed by atoms with Crippen LogP contribution in [0, 0.1) is 18.6 Å². The largest absolute Gasteiger partial charge is 0.319 e. The molecule has 0 saturated carbocycles. The fourth-order valence-corrected chi connectivity index (χ4v) is 1.52. The highest BCUT2D eigenvalue weighted by atomic mass is 19.1. The fraction of sp³-hybridized carbons (Fsp3) is 0.167. The van der Waals surface area contributed by atoms with Gasteiger partial charge in [0.1, 0.15) is 17.2 Å². The van der Waals surface area contributed by atoms with Crippen LogP contribution in [0.4, 0.5) is 14.5 Å². The molecule has 1 heterocycles. The van der Waals surface area contributed by atoms with E-state index >= 15 is 0 Å². The Kier molecular flexibility index (Phi) is 3.10. The molecule has 0 aliphatic carbocycles. The third kappa shape index (κ3) is 2.09. The summed E-state index contributed by atoms with van der Waals surface area (Å²) in [5.41, 5.74) is 0.519. The molecule has 0 aliphatic rings. The average molecular weight is 251 g/mol. The number of carbonyl (C=O) groups is 1. The molecule has 0 bridgehead atoms. The van der Waals surface area contributed by atoms with Crippen molar-refractivity contribution in [3.63, 3.8) is 0 Å². The van der Waals surface area contributed by atoms with Crippen LogP contribution in [0.1, 0.15) is 16.1 Å². The highest BCUT2D eigenvalue weighted by molar-refractivity contribution is 6.04. The molecular formula is C12H11F2N3O. The van der Waals surface area contributed by atoms with E-state index in [4.69, 9.17) is 0 Å². The second-order valence-corrected chi connectivity index (χ2v) is 3.82. The summed E-state index contributed by atoms with van der Waals surface area (Å²) in [6, 6.07) is 3.28. The van der Waals surface area contributed by atoms with E-state index in [2.05, 4.69) is 10.4 Å². The van der Waals surface area contributed by atoms with Crippen molar-refractivity contribution >= 4 is 11.6 Å². The lowest BCUT2D eigenvalue weighted by Crippen LogP contribution is -2.16. The van der Waals surface area contributed by atoms with Crippen molar-refractivity contribution in [1.29, 1.82) is 0 Å². The summed E-state index contributed by atoms with van der Waals surface area (Å²) in [5, 5.41) is 6.35. The molecular weight excluding hydrogens is 240 g/mol. The van der Waals surface area contributed by atoms with Gasteiger partial charge in [-0.2, -0.15) is 5.10 Å². The molecule has 0 unspecified atom stereocenters. The standard InChI is InChI=1S/C12H11F2N3O/c1-7-10(6-15-17(7)2)16-12(18)11-8(13)4-3-5-9(11)14/h3-6H,1-2H3,(H,16,18). The van der Waals surface area contributed by atoms with Gasteiger partial charge in [0.15, 0.2) is 0 Å². The zero-order chi connectivity index (χ0) is 13.3. The van der Waals surface area contributed by atoms with E-state index in [1.54, 1.807) is 18.7 Å². The van der Waals surface area contributed by atoms with Crippen LogP contribution in [0.5, 0.6) is 0 Å². The molecule has 18 heavy (non-hydrogen) atoms. The number of nitrogens with zero attached hydrogens (tertiary/aromatic N) is 2. The molecule has 0 atom stereocenters. The van der Waals surface area contributed by atoms with Crippen molar-refractivity contribution in [2.45, 2.75) is 6.92 Å². The van der Waals surface area contributed by atoms with E-state index in [0.29, 0.717) is 11.4 Å². The highest BCUT2D eigenvalue weighted by Crippen LogP contribution is 2.17. The van der Waals surface area contributed by atoms with Crippen LogP contribution in [-0.2, 0) is 7.05 Å². The van der Waals surface area contributed by atoms with Crippen LogP contribution in [0.3, 0.4) is 0 Å². The number of nitrogens with one attached hydrogen (secondary N) is 1. The van der Waals surface area contributed by atoms with Crippen LogP contribution in [0.25, 0.3) is 0 Å². The van der Waals surface area contributed by atoms with Gasteiger partial charge in [-0.15, -0.1) is 0 Å². The zero-order valence-corrected chi connectivity index (χ0v) is 9.87. The molecule has 0 radical (unpaired) electrons. The maximum atomic E-state index is 13.4. The molecule has 2 rings (SSSR count). The minimum Gasteiger partial charge on any atom is -0.319 e. The summed E-state index contributed by atoms with van der Waals surface area (Å²) >= 11 is 0. The van der Waals surface area contributed by atoms with Gasteiger partial charge >= 0.3 is 0 Å². The summed E-state index contributed by atoms with van der Waals surface area (Å²) in [5.74, 6) is -2.62. The Morgan fingerprint density at radius 3 is 2.44 bits per heavy atom. The summed E-state index contributed by atoms with van der Waals surface area (Å²) in [4.78, 5) is 11.8. The number of anilines is 1. The summed E-state index contributed by atoms with van der Waals surface area (Å²) in [7, 11) is 1.70. The number of rotatable bonds is 2. The van der Waals surface area contributed by atoms with E-state index in [-0.39, 0.29) is 0 Å². The van der Waals surface area contributed by atoms with Gasteiger partial charge in [0.25, 0.3) is 5.91 Å². The van der Waals surface area contributed by atoms with Crippen LogP contribution in [0.15, 0.2) is 24.4 Å². The Hall–Kier alpha value is -2.24. The summed E-state index contributed by atoms with van der Waals surface area (Å²) in [6.45, 7) is 1.74. The molecule has 1 amide bonds. The van der Waals surface area contributed by atoms with Gasteiger partial charge < -0.3 is 5.32 Å². The fourth-order valence-electron chi connectivity index (χ4n) is 1.52. The molecule has 0 saturated heterocycles. The summed E-state index contributed by atoms with van der Waals surface area (Å²) < 4.78 is 28.3. The van der Waals surface area contributed by atoms with Gasteiger partial charge in [0.05, 0.1) is 17.6 Å². The van der Waals surface area contributed by atoms with Crippen LogP contribution < -0.4 is 5.32 Å². The third-order valence-corrected chi connectivity index (χ3v) is 2.67. The number of amides is 1. The molecule has 4 nitrogen and oxygen atoms in total. The Balaban J connectivity index is 2.31. The normalized spacial score (nSPS) is 10.4. The van der Waals surface area contributed by atoms with Gasteiger partial charge in [0, 0.05) is 7.05 Å². The minimum atomic E-state index is -0.894. The van der Waals surface area contributed by atoms with E-state index < -0.39 is 23.1 Å². The van der Waals surface area contributed by atoms with Crippen molar-refractivity contribution < 1.29 is 13.6 Å². The molecule has 0 aliphatic heterocycles. The highest BCUT2D eigenvalue weighted by Gasteiger charge is 2.18. The molecule has 6 heteroatoms. The first-order valence-corrected chi connectivity index (χ1v) is 5.24. The number of carbonyl (C=O) groups excluding carboxylic acids is 1. The van der Waals surface area contributed by atoms with Gasteiger partial charge in [-0.25, -0.2) is 8.78 Å². The number of aryl methyl sites for hydroxylation is 1. The van der Waals surface area contributed by atoms with Crippen molar-refractivity contribution in [3.8, 4) is 0 Å². The molecule has 1 N–H and O–H groups in total. The van der Waals surface area contributed by atoms with Crippen molar-refractivity contribution in [2.75, 3.05) is 5.32 Å². The molecule has 2 aromatic rings.